The largest absolute Gasteiger partial charge is 0.372 e. The summed E-state index contributed by atoms with van der Waals surface area (Å²) in [7, 11) is 0. The standard InChI is InChI=1S/C20H26N2O2S/c1-15-7-9-25-19(15)11-22-13-20(14-22)10-18(6-8-24-20)23-12-17-5-3-4-16(2)21-17/h3-5,7,9,18H,6,8,10-14H2,1-2H3. The van der Waals surface area contributed by atoms with Gasteiger partial charge in [-0.2, -0.15) is 0 Å². The minimum absolute atomic E-state index is 0.00805. The Morgan fingerprint density at radius 1 is 1.32 bits per heavy atom. The highest BCUT2D eigenvalue weighted by Crippen LogP contribution is 2.37. The Bertz CT molecular complexity index is 724. The minimum Gasteiger partial charge on any atom is -0.372 e. The van der Waals surface area contributed by atoms with Gasteiger partial charge in [-0.3, -0.25) is 9.88 Å². The Morgan fingerprint density at radius 3 is 2.96 bits per heavy atom. The highest BCUT2D eigenvalue weighted by atomic mass is 32.1. The van der Waals surface area contributed by atoms with Crippen LogP contribution >= 0.6 is 11.3 Å². The number of hydrogen-bond acceptors (Lipinski definition) is 5. The first-order valence-electron chi connectivity index (χ1n) is 9.05. The molecule has 4 heterocycles. The van der Waals surface area contributed by atoms with Crippen LogP contribution in [0.3, 0.4) is 0 Å². The molecule has 5 heteroatoms. The molecular formula is C20H26N2O2S. The lowest BCUT2D eigenvalue weighted by Crippen LogP contribution is -2.65. The van der Waals surface area contributed by atoms with E-state index in [4.69, 9.17) is 9.47 Å². The third-order valence-corrected chi connectivity index (χ3v) is 6.23. The predicted molar refractivity (Wildman–Crippen MR) is 99.8 cm³/mol. The normalized spacial score (nSPS) is 22.9. The topological polar surface area (TPSA) is 34.6 Å². The first-order valence-corrected chi connectivity index (χ1v) is 9.93. The summed E-state index contributed by atoms with van der Waals surface area (Å²) in [5.41, 5.74) is 3.48. The third-order valence-electron chi connectivity index (χ3n) is 5.22. The molecule has 2 aliphatic rings. The summed E-state index contributed by atoms with van der Waals surface area (Å²) in [5.74, 6) is 0. The Balaban J connectivity index is 1.28. The Labute approximate surface area is 153 Å². The van der Waals surface area contributed by atoms with E-state index in [1.807, 2.05) is 36.5 Å². The van der Waals surface area contributed by atoms with Crippen LogP contribution in [0.25, 0.3) is 0 Å². The molecule has 2 fully saturated rings. The molecule has 0 N–H and O–H groups in total. The van der Waals surface area contributed by atoms with Crippen molar-refractivity contribution in [3.8, 4) is 0 Å². The molecule has 4 rings (SSSR count). The number of rotatable bonds is 5. The number of pyridine rings is 1. The molecule has 134 valence electrons. The molecule has 2 aromatic rings. The zero-order valence-electron chi connectivity index (χ0n) is 15.0. The van der Waals surface area contributed by atoms with Crippen LogP contribution in [0.5, 0.6) is 0 Å². The van der Waals surface area contributed by atoms with E-state index in [9.17, 15) is 0 Å². The van der Waals surface area contributed by atoms with E-state index < -0.39 is 0 Å². The van der Waals surface area contributed by atoms with Crippen molar-refractivity contribution >= 4 is 11.3 Å². The molecule has 0 bridgehead atoms. The molecule has 1 unspecified atom stereocenters. The molecule has 2 aliphatic heterocycles. The summed E-state index contributed by atoms with van der Waals surface area (Å²) in [5, 5.41) is 2.18. The molecular weight excluding hydrogens is 332 g/mol. The lowest BCUT2D eigenvalue weighted by atomic mass is 9.84. The number of aromatic nitrogens is 1. The van der Waals surface area contributed by atoms with Gasteiger partial charge < -0.3 is 9.47 Å². The summed E-state index contributed by atoms with van der Waals surface area (Å²) < 4.78 is 12.3. The molecule has 0 amide bonds. The number of ether oxygens (including phenoxy) is 2. The number of aryl methyl sites for hydroxylation is 2. The van der Waals surface area contributed by atoms with Crippen LogP contribution in [-0.4, -0.2) is 41.3 Å². The zero-order valence-corrected chi connectivity index (χ0v) is 15.8. The average Bonchev–Trinajstić information content (AvgIpc) is 2.97. The fourth-order valence-corrected chi connectivity index (χ4v) is 4.83. The van der Waals surface area contributed by atoms with E-state index in [0.29, 0.717) is 6.61 Å². The molecule has 0 radical (unpaired) electrons. The van der Waals surface area contributed by atoms with Crippen molar-refractivity contribution in [2.24, 2.45) is 0 Å². The predicted octanol–water partition coefficient (Wildman–Crippen LogP) is 3.71. The maximum atomic E-state index is 6.16. The minimum atomic E-state index is 0.00805. The van der Waals surface area contributed by atoms with Crippen molar-refractivity contribution in [1.29, 1.82) is 0 Å². The maximum Gasteiger partial charge on any atom is 0.0959 e. The van der Waals surface area contributed by atoms with Gasteiger partial charge in [-0.25, -0.2) is 0 Å². The quantitative estimate of drug-likeness (QED) is 0.816. The molecule has 0 aliphatic carbocycles. The zero-order chi connectivity index (χ0) is 17.3. The monoisotopic (exact) mass is 358 g/mol. The Hall–Kier alpha value is -1.27. The fourth-order valence-electron chi connectivity index (χ4n) is 3.88. The van der Waals surface area contributed by atoms with Crippen LogP contribution in [0.1, 0.15) is 34.7 Å². The fraction of sp³-hybridized carbons (Fsp3) is 0.550. The van der Waals surface area contributed by atoms with Gasteiger partial charge in [0.05, 0.1) is 24.0 Å². The molecule has 1 spiro atoms. The van der Waals surface area contributed by atoms with Crippen LogP contribution in [-0.2, 0) is 22.6 Å². The SMILES string of the molecule is Cc1cccc(COC2CCOC3(C2)CN(Cc2sccc2C)C3)n1. The number of nitrogens with zero attached hydrogens (tertiary/aromatic N) is 2. The number of thiophene rings is 1. The van der Waals surface area contributed by atoms with Crippen LogP contribution in [0.15, 0.2) is 29.6 Å². The summed E-state index contributed by atoms with van der Waals surface area (Å²) in [6.45, 7) is 8.71. The summed E-state index contributed by atoms with van der Waals surface area (Å²) >= 11 is 1.86. The van der Waals surface area contributed by atoms with Crippen LogP contribution in [0.4, 0.5) is 0 Å². The van der Waals surface area contributed by atoms with Crippen LogP contribution in [0.2, 0.25) is 0 Å². The Kier molecular flexibility index (Phi) is 4.91. The van der Waals surface area contributed by atoms with Gasteiger partial charge in [0, 0.05) is 43.2 Å². The highest BCUT2D eigenvalue weighted by molar-refractivity contribution is 7.10. The summed E-state index contributed by atoms with van der Waals surface area (Å²) in [4.78, 5) is 8.49. The lowest BCUT2D eigenvalue weighted by molar-refractivity contribution is -0.200. The molecule has 0 saturated carbocycles. The molecule has 0 aromatic carbocycles. The van der Waals surface area contributed by atoms with E-state index >= 15 is 0 Å². The smallest absolute Gasteiger partial charge is 0.0959 e. The van der Waals surface area contributed by atoms with E-state index in [0.717, 1.165) is 50.5 Å². The second-order valence-corrected chi connectivity index (χ2v) is 8.40. The van der Waals surface area contributed by atoms with Gasteiger partial charge in [0.15, 0.2) is 0 Å². The highest BCUT2D eigenvalue weighted by Gasteiger charge is 2.47. The van der Waals surface area contributed by atoms with Gasteiger partial charge in [0.25, 0.3) is 0 Å². The second-order valence-electron chi connectivity index (χ2n) is 7.40. The molecule has 1 atom stereocenters. The molecule has 2 aromatic heterocycles. The van der Waals surface area contributed by atoms with Crippen molar-refractivity contribution in [3.05, 3.63) is 51.5 Å². The Morgan fingerprint density at radius 2 is 2.20 bits per heavy atom. The number of likely N-dealkylation sites (tertiary alicyclic amines) is 1. The van der Waals surface area contributed by atoms with Crippen molar-refractivity contribution in [2.75, 3.05) is 19.7 Å². The number of hydrogen-bond donors (Lipinski definition) is 0. The van der Waals surface area contributed by atoms with Crippen molar-refractivity contribution in [1.82, 2.24) is 9.88 Å². The van der Waals surface area contributed by atoms with Gasteiger partial charge in [0.1, 0.15) is 0 Å². The maximum absolute atomic E-state index is 6.16. The van der Waals surface area contributed by atoms with Crippen molar-refractivity contribution < 1.29 is 9.47 Å². The summed E-state index contributed by atoms with van der Waals surface area (Å²) in [6.07, 6.45) is 2.26. The van der Waals surface area contributed by atoms with Gasteiger partial charge in [0.2, 0.25) is 0 Å². The van der Waals surface area contributed by atoms with E-state index in [1.165, 1.54) is 10.4 Å². The van der Waals surface area contributed by atoms with E-state index in [2.05, 4.69) is 28.3 Å². The van der Waals surface area contributed by atoms with Gasteiger partial charge in [-0.1, -0.05) is 6.07 Å². The summed E-state index contributed by atoms with van der Waals surface area (Å²) in [6, 6.07) is 8.31. The first-order chi connectivity index (χ1) is 12.1. The van der Waals surface area contributed by atoms with Crippen LogP contribution < -0.4 is 0 Å². The lowest BCUT2D eigenvalue weighted by Gasteiger charge is -2.53. The van der Waals surface area contributed by atoms with Gasteiger partial charge in [-0.05, 0) is 49.4 Å². The first kappa shape index (κ1) is 17.2. The molecule has 2 saturated heterocycles. The average molecular weight is 359 g/mol. The molecule has 4 nitrogen and oxygen atoms in total. The van der Waals surface area contributed by atoms with Gasteiger partial charge in [-0.15, -0.1) is 11.3 Å². The van der Waals surface area contributed by atoms with Crippen molar-refractivity contribution in [2.45, 2.75) is 51.5 Å². The van der Waals surface area contributed by atoms with Crippen molar-refractivity contribution in [3.63, 3.8) is 0 Å². The van der Waals surface area contributed by atoms with E-state index in [1.54, 1.807) is 0 Å². The third kappa shape index (κ3) is 3.95. The van der Waals surface area contributed by atoms with E-state index in [-0.39, 0.29) is 11.7 Å². The molecule has 25 heavy (non-hydrogen) atoms. The van der Waals surface area contributed by atoms with Gasteiger partial charge >= 0.3 is 0 Å². The van der Waals surface area contributed by atoms with Crippen LogP contribution in [0, 0.1) is 13.8 Å². The second kappa shape index (κ2) is 7.16.